The molecule has 1 aliphatic carbocycles. The van der Waals surface area contributed by atoms with Gasteiger partial charge in [0.25, 0.3) is 0 Å². The van der Waals surface area contributed by atoms with E-state index in [1.165, 1.54) is 34.2 Å². The maximum atomic E-state index is 2.33. The highest BCUT2D eigenvalue weighted by Crippen LogP contribution is 2.26. The van der Waals surface area contributed by atoms with Crippen LogP contribution < -0.4 is 0 Å². The molecule has 3 rings (SSSR count). The first-order valence-electron chi connectivity index (χ1n) is 6.87. The summed E-state index contributed by atoms with van der Waals surface area (Å²) in [7, 11) is 0. The highest BCUT2D eigenvalue weighted by Gasteiger charge is 2.03. The van der Waals surface area contributed by atoms with E-state index >= 15 is 0 Å². The van der Waals surface area contributed by atoms with Crippen LogP contribution in [0, 0.1) is 6.92 Å². The van der Waals surface area contributed by atoms with Crippen LogP contribution in [0.1, 0.15) is 24.0 Å². The van der Waals surface area contributed by atoms with Gasteiger partial charge in [0.1, 0.15) is 0 Å². The van der Waals surface area contributed by atoms with Crippen molar-refractivity contribution in [2.24, 2.45) is 0 Å². The Kier molecular flexibility index (Phi) is 3.33. The summed E-state index contributed by atoms with van der Waals surface area (Å²) in [4.78, 5) is 0. The Morgan fingerprint density at radius 1 is 0.789 bits per heavy atom. The van der Waals surface area contributed by atoms with E-state index in [-0.39, 0.29) is 0 Å². The van der Waals surface area contributed by atoms with Crippen LogP contribution in [0.25, 0.3) is 16.7 Å². The van der Waals surface area contributed by atoms with E-state index in [1.807, 2.05) is 0 Å². The van der Waals surface area contributed by atoms with Crippen molar-refractivity contribution in [2.75, 3.05) is 0 Å². The van der Waals surface area contributed by atoms with Gasteiger partial charge >= 0.3 is 0 Å². The van der Waals surface area contributed by atoms with Crippen molar-refractivity contribution >= 4 is 5.57 Å². The molecule has 0 heteroatoms. The average molecular weight is 246 g/mol. The summed E-state index contributed by atoms with van der Waals surface area (Å²) in [6, 6.07) is 17.5. The summed E-state index contributed by atoms with van der Waals surface area (Å²) in [5.41, 5.74) is 6.54. The van der Waals surface area contributed by atoms with Crippen LogP contribution in [0.15, 0.2) is 66.8 Å². The second-order valence-corrected chi connectivity index (χ2v) is 5.09. The number of allylic oxidation sites excluding steroid dienone is 4. The average Bonchev–Trinajstić information content (AvgIpc) is 2.49. The number of aryl methyl sites for hydroxylation is 1. The van der Waals surface area contributed by atoms with Crippen LogP contribution in [0.3, 0.4) is 0 Å². The van der Waals surface area contributed by atoms with Gasteiger partial charge < -0.3 is 0 Å². The lowest BCUT2D eigenvalue weighted by atomic mass is 9.96. The highest BCUT2D eigenvalue weighted by molar-refractivity contribution is 5.78. The normalized spacial score (nSPS) is 14.3. The molecule has 0 heterocycles. The van der Waals surface area contributed by atoms with Gasteiger partial charge in [0.2, 0.25) is 0 Å². The summed E-state index contributed by atoms with van der Waals surface area (Å²) in [5.74, 6) is 0. The van der Waals surface area contributed by atoms with E-state index in [2.05, 4.69) is 73.7 Å². The molecule has 0 amide bonds. The molecule has 0 N–H and O–H groups in total. The second-order valence-electron chi connectivity index (χ2n) is 5.09. The first kappa shape index (κ1) is 12.0. The Hall–Kier alpha value is -2.08. The fourth-order valence-electron chi connectivity index (χ4n) is 2.45. The van der Waals surface area contributed by atoms with Crippen molar-refractivity contribution in [3.8, 4) is 11.1 Å². The van der Waals surface area contributed by atoms with Gasteiger partial charge in [0.05, 0.1) is 0 Å². The third-order valence-corrected chi connectivity index (χ3v) is 3.58. The quantitative estimate of drug-likeness (QED) is 0.666. The Labute approximate surface area is 115 Å². The van der Waals surface area contributed by atoms with E-state index < -0.39 is 0 Å². The summed E-state index contributed by atoms with van der Waals surface area (Å²) >= 11 is 0. The van der Waals surface area contributed by atoms with Crippen molar-refractivity contribution in [1.29, 1.82) is 0 Å². The molecule has 2 aromatic carbocycles. The van der Waals surface area contributed by atoms with Gasteiger partial charge in [0, 0.05) is 0 Å². The van der Waals surface area contributed by atoms with Crippen molar-refractivity contribution in [2.45, 2.75) is 19.8 Å². The molecule has 0 spiro atoms. The van der Waals surface area contributed by atoms with Gasteiger partial charge in [-0.15, -0.1) is 0 Å². The number of hydrogen-bond donors (Lipinski definition) is 0. The molecule has 0 atom stereocenters. The minimum absolute atomic E-state index is 1.15. The Balaban J connectivity index is 1.98. The molecule has 1 aliphatic rings. The summed E-state index contributed by atoms with van der Waals surface area (Å²) in [6.45, 7) is 2.12. The molecule has 2 aromatic rings. The fraction of sp³-hybridized carbons (Fsp3) is 0.158. The molecule has 0 unspecified atom stereocenters. The van der Waals surface area contributed by atoms with Gasteiger partial charge in [-0.3, -0.25) is 0 Å². The van der Waals surface area contributed by atoms with Gasteiger partial charge in [-0.25, -0.2) is 0 Å². The van der Waals surface area contributed by atoms with E-state index in [1.54, 1.807) is 0 Å². The Bertz CT molecular complexity index is 627. The first-order chi connectivity index (χ1) is 9.33. The summed E-state index contributed by atoms with van der Waals surface area (Å²) in [5, 5.41) is 0. The predicted octanol–water partition coefficient (Wildman–Crippen LogP) is 5.40. The summed E-state index contributed by atoms with van der Waals surface area (Å²) in [6.07, 6.45) is 9.14. The molecule has 94 valence electrons. The zero-order valence-electron chi connectivity index (χ0n) is 11.3. The third kappa shape index (κ3) is 2.68. The lowest BCUT2D eigenvalue weighted by Crippen LogP contribution is -1.87. The lowest BCUT2D eigenvalue weighted by Gasteiger charge is -2.09. The molecule has 0 aliphatic heterocycles. The van der Waals surface area contributed by atoms with E-state index in [4.69, 9.17) is 0 Å². The number of benzene rings is 2. The van der Waals surface area contributed by atoms with Crippen molar-refractivity contribution < 1.29 is 0 Å². The molecule has 0 fully saturated rings. The lowest BCUT2D eigenvalue weighted by molar-refractivity contribution is 1.04. The van der Waals surface area contributed by atoms with Gasteiger partial charge in [-0.2, -0.15) is 0 Å². The monoisotopic (exact) mass is 246 g/mol. The SMILES string of the molecule is Cc1ccc(-c2cccc(C3=CCCC=C3)c2)cc1. The molecule has 0 saturated carbocycles. The van der Waals surface area contributed by atoms with Crippen LogP contribution in [-0.4, -0.2) is 0 Å². The topological polar surface area (TPSA) is 0 Å². The molecule has 0 saturated heterocycles. The van der Waals surface area contributed by atoms with Crippen LogP contribution in [0.5, 0.6) is 0 Å². The molecule has 0 aromatic heterocycles. The maximum absolute atomic E-state index is 2.33. The second kappa shape index (κ2) is 5.27. The smallest absolute Gasteiger partial charge is 0.0178 e. The van der Waals surface area contributed by atoms with E-state index in [0.29, 0.717) is 0 Å². The third-order valence-electron chi connectivity index (χ3n) is 3.58. The first-order valence-corrected chi connectivity index (χ1v) is 6.87. The molecule has 0 bridgehead atoms. The summed E-state index contributed by atoms with van der Waals surface area (Å²) < 4.78 is 0. The van der Waals surface area contributed by atoms with Gasteiger partial charge in [0.15, 0.2) is 0 Å². The minimum atomic E-state index is 1.15. The number of hydrogen-bond acceptors (Lipinski definition) is 0. The van der Waals surface area contributed by atoms with Crippen LogP contribution in [0.4, 0.5) is 0 Å². The zero-order valence-corrected chi connectivity index (χ0v) is 11.3. The molecular formula is C19H18. The van der Waals surface area contributed by atoms with Crippen molar-refractivity contribution in [1.82, 2.24) is 0 Å². The standard InChI is InChI=1S/C19H18/c1-15-10-12-17(13-11-15)19-9-5-8-18(14-19)16-6-3-2-4-7-16/h3,5-14H,2,4H2,1H3. The highest BCUT2D eigenvalue weighted by atomic mass is 14.1. The molecule has 0 nitrogen and oxygen atoms in total. The van der Waals surface area contributed by atoms with E-state index in [0.717, 1.165) is 6.42 Å². The van der Waals surface area contributed by atoms with Crippen LogP contribution in [0.2, 0.25) is 0 Å². The van der Waals surface area contributed by atoms with Gasteiger partial charge in [-0.1, -0.05) is 66.3 Å². The van der Waals surface area contributed by atoms with Crippen molar-refractivity contribution in [3.63, 3.8) is 0 Å². The molecule has 19 heavy (non-hydrogen) atoms. The number of rotatable bonds is 2. The Morgan fingerprint density at radius 2 is 1.58 bits per heavy atom. The minimum Gasteiger partial charge on any atom is -0.0836 e. The van der Waals surface area contributed by atoms with E-state index in [9.17, 15) is 0 Å². The zero-order chi connectivity index (χ0) is 13.1. The molecule has 0 radical (unpaired) electrons. The maximum Gasteiger partial charge on any atom is -0.0178 e. The Morgan fingerprint density at radius 3 is 2.32 bits per heavy atom. The van der Waals surface area contributed by atoms with Gasteiger partial charge in [-0.05, 0) is 48.1 Å². The predicted molar refractivity (Wildman–Crippen MR) is 83.0 cm³/mol. The largest absolute Gasteiger partial charge is 0.0836 e. The van der Waals surface area contributed by atoms with Crippen LogP contribution in [-0.2, 0) is 0 Å². The molecular weight excluding hydrogens is 228 g/mol. The van der Waals surface area contributed by atoms with Crippen LogP contribution >= 0.6 is 0 Å². The fourth-order valence-corrected chi connectivity index (χ4v) is 2.45. The van der Waals surface area contributed by atoms with Crippen molar-refractivity contribution in [3.05, 3.63) is 77.9 Å².